The summed E-state index contributed by atoms with van der Waals surface area (Å²) in [7, 11) is 1.36. The quantitative estimate of drug-likeness (QED) is 0.875. The Balaban J connectivity index is 2.50. The van der Waals surface area contributed by atoms with Crippen LogP contribution < -0.4 is 0 Å². The Hall–Kier alpha value is -1.87. The molecule has 0 heterocycles. The first-order valence-electron chi connectivity index (χ1n) is 7.17. The highest BCUT2D eigenvalue weighted by Crippen LogP contribution is 2.36. The van der Waals surface area contributed by atoms with Gasteiger partial charge in [0, 0.05) is 0 Å². The molecule has 0 aliphatic carbocycles. The van der Waals surface area contributed by atoms with Crippen molar-refractivity contribution in [1.29, 1.82) is 0 Å². The van der Waals surface area contributed by atoms with Gasteiger partial charge in [-0.25, -0.2) is 0 Å². The van der Waals surface area contributed by atoms with Crippen LogP contribution >= 0.6 is 0 Å². The molecule has 2 aromatic carbocycles. The lowest BCUT2D eigenvalue weighted by Gasteiger charge is -2.34. The Kier molecular flexibility index (Phi) is 4.33. The van der Waals surface area contributed by atoms with E-state index >= 15 is 0 Å². The van der Waals surface area contributed by atoms with Crippen molar-refractivity contribution in [3.05, 3.63) is 48.0 Å². The number of rotatable bonds is 4. The molecular weight excluding hydrogens is 264 g/mol. The van der Waals surface area contributed by atoms with Gasteiger partial charge >= 0.3 is 5.97 Å². The Labute approximate surface area is 125 Å². The van der Waals surface area contributed by atoms with Crippen LogP contribution in [0.25, 0.3) is 10.8 Å². The van der Waals surface area contributed by atoms with E-state index in [2.05, 4.69) is 0 Å². The molecule has 2 atom stereocenters. The lowest BCUT2D eigenvalue weighted by molar-refractivity contribution is -0.159. The standard InChI is InChI=1S/C18H22O3/c1-12(2)16(17(19)21-4)18(3,20)15-10-9-13-7-5-6-8-14(13)11-15/h5-12,16,20H,1-4H3. The predicted molar refractivity (Wildman–Crippen MR) is 83.9 cm³/mol. The Morgan fingerprint density at radius 2 is 1.76 bits per heavy atom. The monoisotopic (exact) mass is 286 g/mol. The van der Waals surface area contributed by atoms with E-state index < -0.39 is 11.5 Å². The first-order valence-corrected chi connectivity index (χ1v) is 7.17. The molecule has 3 nitrogen and oxygen atoms in total. The van der Waals surface area contributed by atoms with Crippen molar-refractivity contribution in [3.8, 4) is 0 Å². The van der Waals surface area contributed by atoms with E-state index in [9.17, 15) is 9.90 Å². The summed E-state index contributed by atoms with van der Waals surface area (Å²) >= 11 is 0. The third-order valence-corrected chi connectivity index (χ3v) is 4.06. The molecule has 2 unspecified atom stereocenters. The van der Waals surface area contributed by atoms with Crippen LogP contribution in [0.3, 0.4) is 0 Å². The Morgan fingerprint density at radius 3 is 2.33 bits per heavy atom. The summed E-state index contributed by atoms with van der Waals surface area (Å²) in [6, 6.07) is 13.7. The van der Waals surface area contributed by atoms with Gasteiger partial charge in [-0.1, -0.05) is 50.2 Å². The second-order valence-electron chi connectivity index (χ2n) is 5.95. The first-order chi connectivity index (χ1) is 9.87. The van der Waals surface area contributed by atoms with Crippen molar-refractivity contribution < 1.29 is 14.6 Å². The number of methoxy groups -OCH3 is 1. The fraction of sp³-hybridized carbons (Fsp3) is 0.389. The van der Waals surface area contributed by atoms with Gasteiger partial charge < -0.3 is 9.84 Å². The zero-order chi connectivity index (χ0) is 15.6. The first kappa shape index (κ1) is 15.5. The number of ether oxygens (including phenoxy) is 1. The number of carbonyl (C=O) groups excluding carboxylic acids is 1. The van der Waals surface area contributed by atoms with Crippen molar-refractivity contribution in [2.75, 3.05) is 7.11 Å². The van der Waals surface area contributed by atoms with Crippen LogP contribution in [0.2, 0.25) is 0 Å². The largest absolute Gasteiger partial charge is 0.469 e. The summed E-state index contributed by atoms with van der Waals surface area (Å²) < 4.78 is 4.87. The van der Waals surface area contributed by atoms with Crippen LogP contribution in [0.4, 0.5) is 0 Å². The molecule has 0 saturated heterocycles. The van der Waals surface area contributed by atoms with Gasteiger partial charge in [0.1, 0.15) is 5.60 Å². The van der Waals surface area contributed by atoms with Gasteiger partial charge in [0.05, 0.1) is 13.0 Å². The van der Waals surface area contributed by atoms with Crippen LogP contribution in [-0.2, 0) is 15.1 Å². The summed E-state index contributed by atoms with van der Waals surface area (Å²) in [5.74, 6) is -1.02. The number of fused-ring (bicyclic) bond motifs is 1. The second kappa shape index (κ2) is 5.86. The fourth-order valence-corrected chi connectivity index (χ4v) is 2.96. The SMILES string of the molecule is COC(=O)C(C(C)C)C(C)(O)c1ccc2ccccc2c1. The Morgan fingerprint density at radius 1 is 1.14 bits per heavy atom. The van der Waals surface area contributed by atoms with Gasteiger partial charge in [-0.2, -0.15) is 0 Å². The normalized spacial score (nSPS) is 15.7. The third kappa shape index (κ3) is 2.93. The van der Waals surface area contributed by atoms with E-state index in [-0.39, 0.29) is 11.9 Å². The number of hydrogen-bond acceptors (Lipinski definition) is 3. The lowest BCUT2D eigenvalue weighted by Crippen LogP contribution is -2.41. The minimum atomic E-state index is -1.27. The van der Waals surface area contributed by atoms with Crippen LogP contribution in [0.15, 0.2) is 42.5 Å². The smallest absolute Gasteiger partial charge is 0.312 e. The number of benzene rings is 2. The maximum atomic E-state index is 12.1. The Bertz CT molecular complexity index is 644. The molecule has 21 heavy (non-hydrogen) atoms. The van der Waals surface area contributed by atoms with Crippen molar-refractivity contribution in [3.63, 3.8) is 0 Å². The van der Waals surface area contributed by atoms with Gasteiger partial charge in [-0.3, -0.25) is 4.79 Å². The van der Waals surface area contributed by atoms with Gasteiger partial charge in [0.2, 0.25) is 0 Å². The number of hydrogen-bond donors (Lipinski definition) is 1. The van der Waals surface area contributed by atoms with E-state index in [1.807, 2.05) is 56.3 Å². The zero-order valence-electron chi connectivity index (χ0n) is 13.0. The van der Waals surface area contributed by atoms with Crippen molar-refractivity contribution >= 4 is 16.7 Å². The highest BCUT2D eigenvalue weighted by Gasteiger charge is 2.41. The minimum Gasteiger partial charge on any atom is -0.469 e. The van der Waals surface area contributed by atoms with E-state index in [1.54, 1.807) is 6.92 Å². The molecule has 0 spiro atoms. The molecule has 2 aromatic rings. The molecule has 0 aliphatic heterocycles. The number of carbonyl (C=O) groups is 1. The number of aliphatic hydroxyl groups is 1. The lowest BCUT2D eigenvalue weighted by atomic mass is 9.76. The van der Waals surface area contributed by atoms with E-state index in [1.165, 1.54) is 7.11 Å². The molecule has 0 fully saturated rings. The molecule has 0 saturated carbocycles. The molecular formula is C18H22O3. The molecule has 0 bridgehead atoms. The van der Waals surface area contributed by atoms with E-state index in [0.717, 1.165) is 16.3 Å². The summed E-state index contributed by atoms with van der Waals surface area (Å²) in [4.78, 5) is 12.1. The maximum absolute atomic E-state index is 12.1. The zero-order valence-corrected chi connectivity index (χ0v) is 13.0. The summed E-state index contributed by atoms with van der Waals surface area (Å²) in [6.07, 6.45) is 0. The maximum Gasteiger partial charge on any atom is 0.312 e. The number of esters is 1. The summed E-state index contributed by atoms with van der Waals surface area (Å²) in [6.45, 7) is 5.51. The topological polar surface area (TPSA) is 46.5 Å². The molecule has 0 aliphatic rings. The third-order valence-electron chi connectivity index (χ3n) is 4.06. The average Bonchev–Trinajstić information content (AvgIpc) is 2.45. The van der Waals surface area contributed by atoms with Crippen molar-refractivity contribution in [1.82, 2.24) is 0 Å². The van der Waals surface area contributed by atoms with Gasteiger partial charge in [0.25, 0.3) is 0 Å². The molecule has 2 rings (SSSR count). The molecule has 3 heteroatoms. The summed E-state index contributed by atoms with van der Waals surface area (Å²) in [5, 5.41) is 13.1. The van der Waals surface area contributed by atoms with Crippen LogP contribution in [0.1, 0.15) is 26.3 Å². The minimum absolute atomic E-state index is 0.0288. The molecule has 1 N–H and O–H groups in total. The van der Waals surface area contributed by atoms with Crippen molar-refractivity contribution in [2.24, 2.45) is 11.8 Å². The molecule has 112 valence electrons. The van der Waals surface area contributed by atoms with Gasteiger partial charge in [0.15, 0.2) is 0 Å². The average molecular weight is 286 g/mol. The van der Waals surface area contributed by atoms with Gasteiger partial charge in [-0.05, 0) is 35.2 Å². The van der Waals surface area contributed by atoms with E-state index in [4.69, 9.17) is 4.74 Å². The highest BCUT2D eigenvalue weighted by atomic mass is 16.5. The van der Waals surface area contributed by atoms with Gasteiger partial charge in [-0.15, -0.1) is 0 Å². The van der Waals surface area contributed by atoms with Crippen LogP contribution in [-0.4, -0.2) is 18.2 Å². The molecule has 0 aromatic heterocycles. The van der Waals surface area contributed by atoms with E-state index in [0.29, 0.717) is 0 Å². The molecule has 0 amide bonds. The summed E-state index contributed by atoms with van der Waals surface area (Å²) in [5.41, 5.74) is -0.545. The van der Waals surface area contributed by atoms with Crippen molar-refractivity contribution in [2.45, 2.75) is 26.4 Å². The fourth-order valence-electron chi connectivity index (χ4n) is 2.96. The second-order valence-corrected chi connectivity index (χ2v) is 5.95. The predicted octanol–water partition coefficient (Wildman–Crippen LogP) is 3.49. The molecule has 0 radical (unpaired) electrons. The van der Waals surface area contributed by atoms with Crippen LogP contribution in [0, 0.1) is 11.8 Å². The highest BCUT2D eigenvalue weighted by molar-refractivity contribution is 5.83. The van der Waals surface area contributed by atoms with Crippen LogP contribution in [0.5, 0.6) is 0 Å².